The zero-order valence-electron chi connectivity index (χ0n) is 11.1. The summed E-state index contributed by atoms with van der Waals surface area (Å²) in [5.74, 6) is -1.82. The van der Waals surface area contributed by atoms with E-state index in [1.807, 2.05) is 6.92 Å². The molecule has 8 heteroatoms. The molecule has 19 heavy (non-hydrogen) atoms. The van der Waals surface area contributed by atoms with Crippen LogP contribution in [-0.2, 0) is 14.3 Å². The van der Waals surface area contributed by atoms with Crippen LogP contribution >= 0.6 is 0 Å². The predicted octanol–water partition coefficient (Wildman–Crippen LogP) is -0.583. The summed E-state index contributed by atoms with van der Waals surface area (Å²) in [5, 5.41) is 19.8. The fourth-order valence-electron chi connectivity index (χ4n) is 1.37. The molecule has 0 aromatic rings. The van der Waals surface area contributed by atoms with E-state index in [-0.39, 0.29) is 19.6 Å². The number of urea groups is 1. The number of ether oxygens (including phenoxy) is 1. The number of aliphatic hydroxyl groups excluding tert-OH is 1. The van der Waals surface area contributed by atoms with E-state index < -0.39 is 24.0 Å². The largest absolute Gasteiger partial charge is 0.480 e. The zero-order valence-corrected chi connectivity index (χ0v) is 11.1. The van der Waals surface area contributed by atoms with Crippen molar-refractivity contribution in [2.45, 2.75) is 25.8 Å². The molecule has 3 N–H and O–H groups in total. The average molecular weight is 276 g/mol. The number of nitrogens with one attached hydrogen (secondary N) is 1. The lowest BCUT2D eigenvalue weighted by atomic mass is 10.2. The molecule has 0 aliphatic heterocycles. The van der Waals surface area contributed by atoms with Crippen molar-refractivity contribution in [3.8, 4) is 0 Å². The number of methoxy groups -OCH3 is 1. The minimum Gasteiger partial charge on any atom is -0.480 e. The smallest absolute Gasteiger partial charge is 0.326 e. The van der Waals surface area contributed by atoms with Crippen molar-refractivity contribution in [1.82, 2.24) is 10.2 Å². The molecule has 0 fully saturated rings. The number of carbonyl (C=O) groups excluding carboxylic acids is 2. The van der Waals surface area contributed by atoms with Gasteiger partial charge < -0.3 is 25.2 Å². The molecule has 110 valence electrons. The molecular formula is C11H20N2O6. The Kier molecular flexibility index (Phi) is 8.27. The average Bonchev–Trinajstić information content (AvgIpc) is 2.37. The summed E-state index contributed by atoms with van der Waals surface area (Å²) < 4.78 is 4.46. The first-order valence-electron chi connectivity index (χ1n) is 5.92. The van der Waals surface area contributed by atoms with Crippen LogP contribution in [0.25, 0.3) is 0 Å². The van der Waals surface area contributed by atoms with Gasteiger partial charge in [0.15, 0.2) is 0 Å². The molecule has 0 aliphatic rings. The third-order valence-corrected chi connectivity index (χ3v) is 2.34. The molecule has 0 heterocycles. The van der Waals surface area contributed by atoms with Crippen molar-refractivity contribution in [2.24, 2.45) is 0 Å². The first-order chi connectivity index (χ1) is 8.96. The Labute approximate surface area is 111 Å². The van der Waals surface area contributed by atoms with Crippen LogP contribution in [0.4, 0.5) is 4.79 Å². The van der Waals surface area contributed by atoms with Gasteiger partial charge in [0, 0.05) is 19.6 Å². The van der Waals surface area contributed by atoms with Gasteiger partial charge >= 0.3 is 18.0 Å². The van der Waals surface area contributed by atoms with E-state index in [0.717, 1.165) is 0 Å². The molecule has 0 saturated carbocycles. The Balaban J connectivity index is 4.60. The number of hydrogen-bond acceptors (Lipinski definition) is 5. The minimum atomic E-state index is -1.24. The van der Waals surface area contributed by atoms with Gasteiger partial charge in [-0.3, -0.25) is 4.79 Å². The van der Waals surface area contributed by atoms with E-state index in [2.05, 4.69) is 10.1 Å². The topological polar surface area (TPSA) is 116 Å². The Morgan fingerprint density at radius 1 is 1.37 bits per heavy atom. The molecule has 0 aliphatic carbocycles. The summed E-state index contributed by atoms with van der Waals surface area (Å²) in [6.45, 7) is 1.51. The molecule has 0 bridgehead atoms. The maximum atomic E-state index is 11.8. The van der Waals surface area contributed by atoms with Crippen LogP contribution in [0.1, 0.15) is 19.8 Å². The Hall–Kier alpha value is -1.83. The summed E-state index contributed by atoms with van der Waals surface area (Å²) in [4.78, 5) is 35.0. The van der Waals surface area contributed by atoms with E-state index in [1.165, 1.54) is 12.0 Å². The van der Waals surface area contributed by atoms with E-state index in [9.17, 15) is 14.4 Å². The number of aliphatic hydroxyl groups is 1. The van der Waals surface area contributed by atoms with Gasteiger partial charge in [-0.1, -0.05) is 6.92 Å². The molecule has 2 amide bonds. The zero-order chi connectivity index (χ0) is 14.8. The van der Waals surface area contributed by atoms with E-state index in [4.69, 9.17) is 10.2 Å². The van der Waals surface area contributed by atoms with Crippen LogP contribution in [0, 0.1) is 0 Å². The first kappa shape index (κ1) is 17.2. The number of aliphatic carboxylic acids is 1. The Morgan fingerprint density at radius 2 is 2.00 bits per heavy atom. The highest BCUT2D eigenvalue weighted by Gasteiger charge is 2.23. The summed E-state index contributed by atoms with van der Waals surface area (Å²) in [6.07, 6.45) is 0.515. The molecule has 0 saturated heterocycles. The number of amides is 2. The molecular weight excluding hydrogens is 256 g/mol. The number of nitrogens with zero attached hydrogens (tertiary/aromatic N) is 1. The highest BCUT2D eigenvalue weighted by Crippen LogP contribution is 1.98. The van der Waals surface area contributed by atoms with Crippen LogP contribution in [0.15, 0.2) is 0 Å². The third kappa shape index (κ3) is 6.61. The van der Waals surface area contributed by atoms with Gasteiger partial charge in [0.05, 0.1) is 7.11 Å². The van der Waals surface area contributed by atoms with Gasteiger partial charge in [0.2, 0.25) is 0 Å². The van der Waals surface area contributed by atoms with Gasteiger partial charge in [-0.25, -0.2) is 9.59 Å². The van der Waals surface area contributed by atoms with Crippen LogP contribution in [0.3, 0.4) is 0 Å². The molecule has 0 unspecified atom stereocenters. The lowest BCUT2D eigenvalue weighted by Crippen LogP contribution is -2.50. The predicted molar refractivity (Wildman–Crippen MR) is 65.5 cm³/mol. The molecule has 0 aromatic carbocycles. The molecule has 0 spiro atoms. The highest BCUT2D eigenvalue weighted by molar-refractivity contribution is 5.85. The number of rotatable bonds is 8. The molecule has 0 rings (SSSR count). The maximum absolute atomic E-state index is 11.8. The number of esters is 1. The Morgan fingerprint density at radius 3 is 2.42 bits per heavy atom. The first-order valence-corrected chi connectivity index (χ1v) is 5.92. The van der Waals surface area contributed by atoms with Crippen LogP contribution in [-0.4, -0.2) is 65.9 Å². The van der Waals surface area contributed by atoms with Crippen molar-refractivity contribution in [3.05, 3.63) is 0 Å². The number of carbonyl (C=O) groups is 3. The van der Waals surface area contributed by atoms with Crippen molar-refractivity contribution in [2.75, 3.05) is 26.8 Å². The Bertz CT molecular complexity index is 318. The van der Waals surface area contributed by atoms with E-state index in [1.54, 1.807) is 0 Å². The van der Waals surface area contributed by atoms with Crippen LogP contribution in [0.5, 0.6) is 0 Å². The van der Waals surface area contributed by atoms with Crippen molar-refractivity contribution in [3.63, 3.8) is 0 Å². The second-order valence-electron chi connectivity index (χ2n) is 3.85. The summed E-state index contributed by atoms with van der Waals surface area (Å²) in [7, 11) is 1.20. The van der Waals surface area contributed by atoms with Gasteiger partial charge in [-0.15, -0.1) is 0 Å². The third-order valence-electron chi connectivity index (χ3n) is 2.34. The lowest BCUT2D eigenvalue weighted by Gasteiger charge is -2.23. The van der Waals surface area contributed by atoms with Crippen molar-refractivity contribution >= 4 is 18.0 Å². The van der Waals surface area contributed by atoms with Gasteiger partial charge in [0.1, 0.15) is 12.6 Å². The number of carboxylic acids is 1. The fourth-order valence-corrected chi connectivity index (χ4v) is 1.37. The van der Waals surface area contributed by atoms with Gasteiger partial charge in [0.25, 0.3) is 0 Å². The van der Waals surface area contributed by atoms with Gasteiger partial charge in [-0.2, -0.15) is 0 Å². The monoisotopic (exact) mass is 276 g/mol. The standard InChI is InChI=1S/C11H20N2O6/c1-3-5-13(7-9(15)19-2)11(18)12-8(4-6-14)10(16)17/h8,14H,3-7H2,1-2H3,(H,12,18)(H,16,17)/t8-/m1/s1. The van der Waals surface area contributed by atoms with Crippen molar-refractivity contribution < 1.29 is 29.3 Å². The second kappa shape index (κ2) is 9.15. The number of hydrogen-bond donors (Lipinski definition) is 3. The van der Waals surface area contributed by atoms with Crippen LogP contribution < -0.4 is 5.32 Å². The van der Waals surface area contributed by atoms with Crippen molar-refractivity contribution in [1.29, 1.82) is 0 Å². The fraction of sp³-hybridized carbons (Fsp3) is 0.727. The summed E-state index contributed by atoms with van der Waals surface area (Å²) >= 11 is 0. The van der Waals surface area contributed by atoms with E-state index >= 15 is 0 Å². The lowest BCUT2D eigenvalue weighted by molar-refractivity contribution is -0.141. The van der Waals surface area contributed by atoms with Gasteiger partial charge in [-0.05, 0) is 6.42 Å². The molecule has 0 aromatic heterocycles. The summed E-state index contributed by atoms with van der Waals surface area (Å²) in [5.41, 5.74) is 0. The number of carboxylic acid groups (broad SMARTS) is 1. The quantitative estimate of drug-likeness (QED) is 0.511. The van der Waals surface area contributed by atoms with E-state index in [0.29, 0.717) is 13.0 Å². The molecule has 1 atom stereocenters. The molecule has 8 nitrogen and oxygen atoms in total. The SMILES string of the molecule is CCCN(CC(=O)OC)C(=O)N[C@H](CCO)C(=O)O. The second-order valence-corrected chi connectivity index (χ2v) is 3.85. The van der Waals surface area contributed by atoms with Crippen LogP contribution in [0.2, 0.25) is 0 Å². The summed E-state index contributed by atoms with van der Waals surface area (Å²) in [6, 6.07) is -1.86. The highest BCUT2D eigenvalue weighted by atomic mass is 16.5. The molecule has 0 radical (unpaired) electrons. The maximum Gasteiger partial charge on any atom is 0.326 e. The minimum absolute atomic E-state index is 0.0980. The normalized spacial score (nSPS) is 11.5.